The van der Waals surface area contributed by atoms with E-state index >= 15 is 0 Å². The fourth-order valence-electron chi connectivity index (χ4n) is 1.06. The van der Waals surface area contributed by atoms with Gasteiger partial charge in [-0.05, 0) is 20.8 Å². The van der Waals surface area contributed by atoms with Crippen LogP contribution in [0.4, 0.5) is 0 Å². The molecule has 0 saturated heterocycles. The van der Waals surface area contributed by atoms with E-state index in [2.05, 4.69) is 4.74 Å². The summed E-state index contributed by atoms with van der Waals surface area (Å²) in [6.45, 7) is 4.28. The third kappa shape index (κ3) is 3.26. The van der Waals surface area contributed by atoms with E-state index in [1.165, 1.54) is 20.8 Å². The largest absolute Gasteiger partial charge is 0.461 e. The fourth-order valence-corrected chi connectivity index (χ4v) is 1.96. The molecule has 0 aromatic carbocycles. The molecule has 7 nitrogen and oxygen atoms in total. The lowest BCUT2D eigenvalue weighted by molar-refractivity contribution is -0.215. The molecular weight excluding hydrogens is 239 g/mol. The van der Waals surface area contributed by atoms with Gasteiger partial charge in [-0.3, -0.25) is 4.57 Å². The first-order chi connectivity index (χ1) is 7.35. The Balaban J connectivity index is 5.25. The monoisotopic (exact) mass is 256 g/mol. The van der Waals surface area contributed by atoms with Crippen LogP contribution in [0.1, 0.15) is 20.8 Å². The lowest BCUT2D eigenvalue weighted by Crippen LogP contribution is -2.45. The highest BCUT2D eigenvalue weighted by Crippen LogP contribution is 2.52. The molecule has 0 unspecified atom stereocenters. The molecule has 0 radical (unpaired) electrons. The molecule has 0 aliphatic rings. The first kappa shape index (κ1) is 15.5. The third-order valence-corrected chi connectivity index (χ3v) is 2.80. The summed E-state index contributed by atoms with van der Waals surface area (Å²) in [4.78, 5) is 29.8. The molecule has 0 fully saturated rings. The average Bonchev–Trinajstić information content (AvgIpc) is 2.15. The number of hydrogen-bond donors (Lipinski definition) is 2. The minimum atomic E-state index is -4.94. The molecule has 0 aliphatic carbocycles. The Morgan fingerprint density at radius 1 is 1.12 bits per heavy atom. The lowest BCUT2D eigenvalue weighted by atomic mass is 10.6. The molecule has 0 heterocycles. The van der Waals surface area contributed by atoms with Crippen molar-refractivity contribution in [2.24, 2.45) is 0 Å². The van der Waals surface area contributed by atoms with Gasteiger partial charge in [-0.15, -0.1) is 0 Å². The van der Waals surface area contributed by atoms with Crippen LogP contribution in [0.15, 0.2) is 0 Å². The van der Waals surface area contributed by atoms with Crippen molar-refractivity contribution in [2.45, 2.75) is 26.3 Å². The molecule has 0 amide bonds. The van der Waals surface area contributed by atoms with Gasteiger partial charge in [-0.25, -0.2) is 4.79 Å². The molecule has 0 aromatic rings. The van der Waals surface area contributed by atoms with Crippen LogP contribution in [-0.4, -0.2) is 41.1 Å². The first-order valence-corrected chi connectivity index (χ1v) is 6.47. The average molecular weight is 256 g/mol. The predicted octanol–water partition coefficient (Wildman–Crippen LogP) is 0.454. The SMILES string of the molecule is CCOC(=O)C(OCC)(OCC)P(=O)(O)O. The van der Waals surface area contributed by atoms with E-state index < -0.39 is 19.1 Å². The van der Waals surface area contributed by atoms with Crippen molar-refractivity contribution >= 4 is 13.6 Å². The van der Waals surface area contributed by atoms with Crippen molar-refractivity contribution in [3.05, 3.63) is 0 Å². The van der Waals surface area contributed by atoms with Crippen molar-refractivity contribution in [1.29, 1.82) is 0 Å². The van der Waals surface area contributed by atoms with E-state index in [4.69, 9.17) is 19.3 Å². The van der Waals surface area contributed by atoms with E-state index in [0.717, 1.165) is 0 Å². The Bertz CT molecular complexity index is 266. The molecule has 0 atom stereocenters. The molecule has 0 bridgehead atoms. The summed E-state index contributed by atoms with van der Waals surface area (Å²) in [5, 5.41) is 0. The molecule has 0 spiro atoms. The zero-order valence-electron chi connectivity index (χ0n) is 9.50. The Kier molecular flexibility index (Phi) is 6.14. The molecule has 2 N–H and O–H groups in total. The van der Waals surface area contributed by atoms with Gasteiger partial charge >= 0.3 is 19.1 Å². The van der Waals surface area contributed by atoms with Gasteiger partial charge in [0.1, 0.15) is 0 Å². The molecule has 0 saturated carbocycles. The van der Waals surface area contributed by atoms with Crippen LogP contribution in [0.5, 0.6) is 0 Å². The standard InChI is InChI=1S/C8H17O7P/c1-4-13-7(9)8(14-5-2,15-6-3)16(10,11)12/h4-6H2,1-3H3,(H2,10,11,12). The van der Waals surface area contributed by atoms with Crippen LogP contribution in [0.3, 0.4) is 0 Å². The molecular formula is C8H17O7P. The summed E-state index contributed by atoms with van der Waals surface area (Å²) in [7, 11) is -4.94. The Labute approximate surface area is 93.8 Å². The van der Waals surface area contributed by atoms with Crippen LogP contribution < -0.4 is 0 Å². The van der Waals surface area contributed by atoms with Gasteiger partial charge in [0.25, 0.3) is 0 Å². The van der Waals surface area contributed by atoms with E-state index in [-0.39, 0.29) is 19.8 Å². The minimum absolute atomic E-state index is 0.0271. The lowest BCUT2D eigenvalue weighted by Gasteiger charge is -2.30. The molecule has 16 heavy (non-hydrogen) atoms. The summed E-state index contributed by atoms with van der Waals surface area (Å²) in [5.74, 6) is -1.22. The normalized spacial score (nSPS) is 12.6. The topological polar surface area (TPSA) is 102 Å². The van der Waals surface area contributed by atoms with Gasteiger partial charge in [0.15, 0.2) is 0 Å². The third-order valence-electron chi connectivity index (χ3n) is 1.60. The maximum absolute atomic E-state index is 11.5. The number of carbonyl (C=O) groups excluding carboxylic acids is 1. The highest BCUT2D eigenvalue weighted by molar-refractivity contribution is 7.54. The molecule has 0 aromatic heterocycles. The number of hydrogen-bond acceptors (Lipinski definition) is 5. The van der Waals surface area contributed by atoms with Crippen molar-refractivity contribution < 1.29 is 33.4 Å². The van der Waals surface area contributed by atoms with E-state index in [9.17, 15) is 9.36 Å². The quantitative estimate of drug-likeness (QED) is 0.387. The van der Waals surface area contributed by atoms with E-state index in [0.29, 0.717) is 0 Å². The van der Waals surface area contributed by atoms with Crippen LogP contribution in [-0.2, 0) is 23.6 Å². The maximum Gasteiger partial charge on any atom is 0.397 e. The molecule has 0 aliphatic heterocycles. The highest BCUT2D eigenvalue weighted by Gasteiger charge is 2.58. The molecule has 0 rings (SSSR count). The van der Waals surface area contributed by atoms with Gasteiger partial charge in [0.05, 0.1) is 6.61 Å². The Morgan fingerprint density at radius 2 is 1.56 bits per heavy atom. The smallest absolute Gasteiger partial charge is 0.397 e. The second kappa shape index (κ2) is 6.32. The van der Waals surface area contributed by atoms with Crippen LogP contribution in [0.2, 0.25) is 0 Å². The zero-order chi connectivity index (χ0) is 12.8. The van der Waals surface area contributed by atoms with Gasteiger partial charge in [-0.1, -0.05) is 0 Å². The van der Waals surface area contributed by atoms with E-state index in [1.54, 1.807) is 0 Å². The second-order valence-electron chi connectivity index (χ2n) is 2.71. The van der Waals surface area contributed by atoms with E-state index in [1.807, 2.05) is 0 Å². The minimum Gasteiger partial charge on any atom is -0.461 e. The van der Waals surface area contributed by atoms with Gasteiger partial charge in [-0.2, -0.15) is 0 Å². The van der Waals surface area contributed by atoms with Gasteiger partial charge in [0, 0.05) is 13.2 Å². The molecule has 96 valence electrons. The Morgan fingerprint density at radius 3 is 1.81 bits per heavy atom. The second-order valence-corrected chi connectivity index (χ2v) is 4.39. The highest BCUT2D eigenvalue weighted by atomic mass is 31.2. The van der Waals surface area contributed by atoms with Crippen LogP contribution in [0.25, 0.3) is 0 Å². The zero-order valence-corrected chi connectivity index (χ0v) is 10.4. The van der Waals surface area contributed by atoms with Crippen molar-refractivity contribution in [3.8, 4) is 0 Å². The van der Waals surface area contributed by atoms with Crippen molar-refractivity contribution in [1.82, 2.24) is 0 Å². The summed E-state index contributed by atoms with van der Waals surface area (Å²) < 4.78 is 25.4. The van der Waals surface area contributed by atoms with Gasteiger partial charge in [0.2, 0.25) is 0 Å². The molecule has 8 heteroatoms. The van der Waals surface area contributed by atoms with Crippen molar-refractivity contribution in [3.63, 3.8) is 0 Å². The number of carbonyl (C=O) groups is 1. The number of ether oxygens (including phenoxy) is 3. The fraction of sp³-hybridized carbons (Fsp3) is 0.875. The summed E-state index contributed by atoms with van der Waals surface area (Å²) >= 11 is 0. The van der Waals surface area contributed by atoms with Gasteiger partial charge < -0.3 is 24.0 Å². The maximum atomic E-state index is 11.5. The van der Waals surface area contributed by atoms with Crippen LogP contribution >= 0.6 is 7.60 Å². The first-order valence-electron chi connectivity index (χ1n) is 4.86. The predicted molar refractivity (Wildman–Crippen MR) is 54.7 cm³/mol. The summed E-state index contributed by atoms with van der Waals surface area (Å²) in [6.07, 6.45) is 0. The number of esters is 1. The summed E-state index contributed by atoms with van der Waals surface area (Å²) in [5.41, 5.74) is -2.65. The van der Waals surface area contributed by atoms with Crippen LogP contribution in [0, 0.1) is 0 Å². The summed E-state index contributed by atoms with van der Waals surface area (Å²) in [6, 6.07) is 0. The number of rotatable bonds is 7. The van der Waals surface area contributed by atoms with Crippen molar-refractivity contribution in [2.75, 3.05) is 19.8 Å². The Hall–Kier alpha value is -0.460.